The second-order valence-electron chi connectivity index (χ2n) is 5.97. The Morgan fingerprint density at radius 3 is 2.74 bits per heavy atom. The predicted octanol–water partition coefficient (Wildman–Crippen LogP) is 5.21. The maximum atomic E-state index is 10.9. The highest BCUT2D eigenvalue weighted by atomic mass is 32.2. The first-order valence-corrected chi connectivity index (χ1v) is 9.77. The van der Waals surface area contributed by atoms with E-state index in [1.807, 2.05) is 54.2 Å². The monoisotopic (exact) mass is 376 g/mol. The van der Waals surface area contributed by atoms with Crippen LogP contribution in [0.4, 0.5) is 0 Å². The molecule has 0 heterocycles. The van der Waals surface area contributed by atoms with Crippen LogP contribution < -0.4 is 4.74 Å². The zero-order valence-electron chi connectivity index (χ0n) is 15.1. The third-order valence-corrected chi connectivity index (χ3v) is 5.08. The average Bonchev–Trinajstić information content (AvgIpc) is 2.69. The van der Waals surface area contributed by atoms with Crippen molar-refractivity contribution in [3.63, 3.8) is 0 Å². The minimum atomic E-state index is -1.01. The molecule has 0 atom stereocenters. The molecule has 136 valence electrons. The number of thioether (sulfide) groups is 1. The lowest BCUT2D eigenvalue weighted by Crippen LogP contribution is -2.10. The molecule has 0 amide bonds. The Labute approximate surface area is 163 Å². The lowest BCUT2D eigenvalue weighted by atomic mass is 10.0. The molecular formula is C23H20O3S. The van der Waals surface area contributed by atoms with Gasteiger partial charge in [-0.05, 0) is 41.8 Å². The molecule has 0 fully saturated rings. The number of benzene rings is 3. The second-order valence-corrected chi connectivity index (χ2v) is 7.14. The van der Waals surface area contributed by atoms with Crippen LogP contribution in [-0.2, 0) is 4.79 Å². The van der Waals surface area contributed by atoms with Crippen molar-refractivity contribution in [2.45, 2.75) is 18.2 Å². The molecule has 3 aromatic rings. The van der Waals surface area contributed by atoms with Gasteiger partial charge in [0.2, 0.25) is 0 Å². The summed E-state index contributed by atoms with van der Waals surface area (Å²) in [6.45, 7) is 1.77. The number of aliphatic carboxylic acids is 1. The van der Waals surface area contributed by atoms with Crippen molar-refractivity contribution in [2.75, 3.05) is 12.4 Å². The third kappa shape index (κ3) is 5.06. The number of hydrogen-bond donors (Lipinski definition) is 1. The highest BCUT2D eigenvalue weighted by Gasteiger charge is 2.08. The van der Waals surface area contributed by atoms with Crippen molar-refractivity contribution in [3.8, 4) is 17.6 Å². The molecule has 0 unspecified atom stereocenters. The molecule has 3 rings (SSSR count). The van der Waals surface area contributed by atoms with Gasteiger partial charge in [-0.3, -0.25) is 0 Å². The summed E-state index contributed by atoms with van der Waals surface area (Å²) < 4.78 is 5.47. The van der Waals surface area contributed by atoms with Crippen molar-refractivity contribution in [1.82, 2.24) is 0 Å². The normalized spacial score (nSPS) is 10.3. The van der Waals surface area contributed by atoms with E-state index in [4.69, 9.17) is 9.84 Å². The van der Waals surface area contributed by atoms with Crippen LogP contribution in [0.3, 0.4) is 0 Å². The largest absolute Gasteiger partial charge is 0.481 e. The summed E-state index contributed by atoms with van der Waals surface area (Å²) in [4.78, 5) is 12.1. The highest BCUT2D eigenvalue weighted by Crippen LogP contribution is 2.27. The molecule has 0 aromatic heterocycles. The van der Waals surface area contributed by atoms with Gasteiger partial charge in [-0.1, -0.05) is 55.2 Å². The Morgan fingerprint density at radius 1 is 1.07 bits per heavy atom. The summed E-state index contributed by atoms with van der Waals surface area (Å²) in [5, 5.41) is 10.9. The Hall–Kier alpha value is -2.90. The Bertz CT molecular complexity index is 1010. The van der Waals surface area contributed by atoms with Crippen LogP contribution >= 0.6 is 11.8 Å². The maximum Gasteiger partial charge on any atom is 0.341 e. The summed E-state index contributed by atoms with van der Waals surface area (Å²) in [5.41, 5.74) is 1.63. The van der Waals surface area contributed by atoms with Crippen molar-refractivity contribution >= 4 is 28.5 Å². The van der Waals surface area contributed by atoms with Crippen LogP contribution in [0.2, 0.25) is 0 Å². The molecule has 3 nitrogen and oxygen atoms in total. The van der Waals surface area contributed by atoms with Gasteiger partial charge in [0.1, 0.15) is 5.75 Å². The minimum absolute atomic E-state index is 0.393. The SMILES string of the molecule is CCCSc1cccc(C#Cc2c(OCC(=O)O)ccc3ccccc23)c1. The van der Waals surface area contributed by atoms with Crippen molar-refractivity contribution in [2.24, 2.45) is 0 Å². The molecule has 0 saturated carbocycles. The van der Waals surface area contributed by atoms with E-state index < -0.39 is 12.6 Å². The number of carboxylic acids is 1. The van der Waals surface area contributed by atoms with E-state index in [0.29, 0.717) is 11.3 Å². The maximum absolute atomic E-state index is 10.9. The quantitative estimate of drug-likeness (QED) is 0.474. The van der Waals surface area contributed by atoms with E-state index in [-0.39, 0.29) is 0 Å². The predicted molar refractivity (Wildman–Crippen MR) is 111 cm³/mol. The molecule has 0 spiro atoms. The molecule has 0 aliphatic rings. The fourth-order valence-electron chi connectivity index (χ4n) is 2.66. The highest BCUT2D eigenvalue weighted by molar-refractivity contribution is 7.99. The fraction of sp³-hybridized carbons (Fsp3) is 0.174. The third-order valence-electron chi connectivity index (χ3n) is 3.88. The van der Waals surface area contributed by atoms with E-state index in [1.54, 1.807) is 6.07 Å². The molecule has 1 N–H and O–H groups in total. The summed E-state index contributed by atoms with van der Waals surface area (Å²) in [7, 11) is 0. The van der Waals surface area contributed by atoms with Gasteiger partial charge >= 0.3 is 5.97 Å². The molecule has 3 aromatic carbocycles. The van der Waals surface area contributed by atoms with Gasteiger partial charge in [0.25, 0.3) is 0 Å². The smallest absolute Gasteiger partial charge is 0.341 e. The summed E-state index contributed by atoms with van der Waals surface area (Å²) in [6.07, 6.45) is 1.13. The summed E-state index contributed by atoms with van der Waals surface area (Å²) in [5.74, 6) is 6.96. The van der Waals surface area contributed by atoms with Gasteiger partial charge in [-0.25, -0.2) is 4.79 Å². The first kappa shape index (κ1) is 18.9. The van der Waals surface area contributed by atoms with Crippen molar-refractivity contribution in [1.29, 1.82) is 0 Å². The van der Waals surface area contributed by atoms with Crippen LogP contribution in [0.15, 0.2) is 65.6 Å². The molecule has 0 aliphatic heterocycles. The topological polar surface area (TPSA) is 46.5 Å². The lowest BCUT2D eigenvalue weighted by Gasteiger charge is -2.09. The zero-order chi connectivity index (χ0) is 19.1. The Kier molecular flexibility index (Phi) is 6.40. The molecule has 0 aliphatic carbocycles. The van der Waals surface area contributed by atoms with Gasteiger partial charge in [0.15, 0.2) is 6.61 Å². The van der Waals surface area contributed by atoms with Crippen LogP contribution in [0, 0.1) is 11.8 Å². The number of carbonyl (C=O) groups is 1. The molecule has 27 heavy (non-hydrogen) atoms. The van der Waals surface area contributed by atoms with Crippen LogP contribution in [0.1, 0.15) is 24.5 Å². The number of rotatable bonds is 6. The number of hydrogen-bond acceptors (Lipinski definition) is 3. The van der Waals surface area contributed by atoms with E-state index in [2.05, 4.69) is 30.9 Å². The van der Waals surface area contributed by atoms with Gasteiger partial charge < -0.3 is 9.84 Å². The van der Waals surface area contributed by atoms with E-state index in [0.717, 1.165) is 28.5 Å². The molecular weight excluding hydrogens is 356 g/mol. The van der Waals surface area contributed by atoms with E-state index in [9.17, 15) is 4.79 Å². The number of ether oxygens (including phenoxy) is 1. The molecule has 0 saturated heterocycles. The van der Waals surface area contributed by atoms with Crippen LogP contribution in [0.5, 0.6) is 5.75 Å². The Morgan fingerprint density at radius 2 is 1.93 bits per heavy atom. The minimum Gasteiger partial charge on any atom is -0.481 e. The van der Waals surface area contributed by atoms with Crippen LogP contribution in [-0.4, -0.2) is 23.4 Å². The van der Waals surface area contributed by atoms with E-state index in [1.165, 1.54) is 4.90 Å². The van der Waals surface area contributed by atoms with Crippen LogP contribution in [0.25, 0.3) is 10.8 Å². The van der Waals surface area contributed by atoms with Gasteiger partial charge in [0.05, 0.1) is 5.56 Å². The second kappa shape index (κ2) is 9.16. The zero-order valence-corrected chi connectivity index (χ0v) is 15.9. The van der Waals surface area contributed by atoms with Gasteiger partial charge in [0, 0.05) is 15.8 Å². The summed E-state index contributed by atoms with van der Waals surface area (Å²) in [6, 6.07) is 19.7. The first-order chi connectivity index (χ1) is 13.2. The number of carboxylic acid groups (broad SMARTS) is 1. The van der Waals surface area contributed by atoms with E-state index >= 15 is 0 Å². The molecule has 4 heteroatoms. The molecule has 0 bridgehead atoms. The average molecular weight is 376 g/mol. The number of fused-ring (bicyclic) bond motifs is 1. The lowest BCUT2D eigenvalue weighted by molar-refractivity contribution is -0.139. The molecule has 0 radical (unpaired) electrons. The fourth-order valence-corrected chi connectivity index (χ4v) is 3.48. The standard InChI is InChI=1S/C23H20O3S/c1-2-14-27-19-8-5-6-17(15-19)10-12-21-20-9-4-3-7-18(20)11-13-22(21)26-16-23(24)25/h3-9,11,13,15H,2,14,16H2,1H3,(H,24,25). The first-order valence-electron chi connectivity index (χ1n) is 8.78. The summed E-state index contributed by atoms with van der Waals surface area (Å²) >= 11 is 1.82. The van der Waals surface area contributed by atoms with Crippen molar-refractivity contribution < 1.29 is 14.6 Å². The van der Waals surface area contributed by atoms with Gasteiger partial charge in [-0.15, -0.1) is 11.8 Å². The Balaban J connectivity index is 1.99. The van der Waals surface area contributed by atoms with Gasteiger partial charge in [-0.2, -0.15) is 0 Å². The van der Waals surface area contributed by atoms with Crippen molar-refractivity contribution in [3.05, 3.63) is 71.8 Å².